The van der Waals surface area contributed by atoms with Crippen LogP contribution in [0.2, 0.25) is 0 Å². The van der Waals surface area contributed by atoms with E-state index in [9.17, 15) is 26.4 Å². The fourth-order valence-electron chi connectivity index (χ4n) is 1.26. The van der Waals surface area contributed by atoms with Crippen LogP contribution in [-0.2, 0) is 16.2 Å². The highest BCUT2D eigenvalue weighted by atomic mass is 32.2. The number of nitrogens with one attached hydrogen (secondary N) is 2. The van der Waals surface area contributed by atoms with Crippen LogP contribution >= 0.6 is 0 Å². The summed E-state index contributed by atoms with van der Waals surface area (Å²) in [4.78, 5) is 11.3. The first-order chi connectivity index (χ1) is 9.08. The van der Waals surface area contributed by atoms with Crippen molar-refractivity contribution in [2.75, 3.05) is 17.6 Å². The van der Waals surface area contributed by atoms with Crippen molar-refractivity contribution in [3.63, 3.8) is 0 Å². The van der Waals surface area contributed by atoms with Gasteiger partial charge >= 0.3 is 12.2 Å². The second-order valence-corrected chi connectivity index (χ2v) is 5.56. The molecule has 0 heterocycles. The molecule has 0 radical (unpaired) electrons. The molecule has 0 aliphatic rings. The van der Waals surface area contributed by atoms with Gasteiger partial charge in [-0.05, 0) is 18.2 Å². The van der Waals surface area contributed by atoms with Gasteiger partial charge in [0.1, 0.15) is 0 Å². The molecule has 6 nitrogen and oxygen atoms in total. The van der Waals surface area contributed by atoms with Gasteiger partial charge < -0.3 is 10.6 Å². The monoisotopic (exact) mass is 311 g/mol. The number of carbonyl (C=O) groups is 1. The molecule has 0 spiro atoms. The van der Waals surface area contributed by atoms with Crippen molar-refractivity contribution in [2.24, 2.45) is 5.14 Å². The predicted molar refractivity (Wildman–Crippen MR) is 66.4 cm³/mol. The van der Waals surface area contributed by atoms with Crippen molar-refractivity contribution in [2.45, 2.75) is 6.18 Å². The quantitative estimate of drug-likeness (QED) is 0.776. The smallest absolute Gasteiger partial charge is 0.337 e. The highest BCUT2D eigenvalue weighted by molar-refractivity contribution is 7.89. The Morgan fingerprint density at radius 2 is 1.95 bits per heavy atom. The number of alkyl halides is 3. The number of hydrogen-bond donors (Lipinski definition) is 3. The molecule has 0 atom stereocenters. The molecule has 0 unspecified atom stereocenters. The maximum absolute atomic E-state index is 12.4. The summed E-state index contributed by atoms with van der Waals surface area (Å²) in [6.07, 6.45) is -4.51. The zero-order valence-corrected chi connectivity index (χ0v) is 10.9. The first-order valence-electron chi connectivity index (χ1n) is 5.30. The van der Waals surface area contributed by atoms with E-state index in [0.29, 0.717) is 0 Å². The minimum absolute atomic E-state index is 0.0621. The summed E-state index contributed by atoms with van der Waals surface area (Å²) in [6, 6.07) is 3.22. The lowest BCUT2D eigenvalue weighted by atomic mass is 10.2. The van der Waals surface area contributed by atoms with Crippen LogP contribution in [0.4, 0.5) is 23.7 Å². The van der Waals surface area contributed by atoms with Crippen LogP contribution in [0.25, 0.3) is 0 Å². The fourth-order valence-corrected chi connectivity index (χ4v) is 1.64. The van der Waals surface area contributed by atoms with Gasteiger partial charge in [-0.25, -0.2) is 18.4 Å². The van der Waals surface area contributed by atoms with Crippen LogP contribution in [-0.4, -0.2) is 26.7 Å². The molecular formula is C10H12F3N3O3S. The summed E-state index contributed by atoms with van der Waals surface area (Å²) < 4.78 is 58.5. The van der Waals surface area contributed by atoms with E-state index in [4.69, 9.17) is 5.14 Å². The Morgan fingerprint density at radius 3 is 2.50 bits per heavy atom. The second-order valence-electron chi connectivity index (χ2n) is 3.83. The molecule has 10 heteroatoms. The lowest BCUT2D eigenvalue weighted by Gasteiger charge is -2.10. The van der Waals surface area contributed by atoms with Crippen LogP contribution in [0.15, 0.2) is 24.3 Å². The molecule has 1 aromatic carbocycles. The lowest BCUT2D eigenvalue weighted by Crippen LogP contribution is -2.34. The summed E-state index contributed by atoms with van der Waals surface area (Å²) >= 11 is 0. The van der Waals surface area contributed by atoms with Gasteiger partial charge in [-0.15, -0.1) is 0 Å². The molecular weight excluding hydrogens is 299 g/mol. The van der Waals surface area contributed by atoms with Gasteiger partial charge in [-0.1, -0.05) is 6.07 Å². The molecule has 112 valence electrons. The third-order valence-electron chi connectivity index (χ3n) is 2.12. The first kappa shape index (κ1) is 16.2. The van der Waals surface area contributed by atoms with Crippen LogP contribution in [0.3, 0.4) is 0 Å². The largest absolute Gasteiger partial charge is 0.416 e. The molecule has 0 bridgehead atoms. The standard InChI is InChI=1S/C10H12F3N3O3S/c11-10(12,13)7-2-1-3-8(6-7)16-9(17)15-4-5-20(14,18)19/h1-3,6H,4-5H2,(H2,14,18,19)(H2,15,16,17). The Kier molecular flexibility index (Phi) is 4.95. The number of carbonyl (C=O) groups excluding carboxylic acids is 1. The number of amides is 2. The number of urea groups is 1. The molecule has 4 N–H and O–H groups in total. The Bertz CT molecular complexity index is 587. The molecule has 1 aromatic rings. The van der Waals surface area contributed by atoms with Crippen molar-refractivity contribution in [3.8, 4) is 0 Å². The maximum atomic E-state index is 12.4. The van der Waals surface area contributed by atoms with Crippen LogP contribution < -0.4 is 15.8 Å². The van der Waals surface area contributed by atoms with E-state index < -0.39 is 33.5 Å². The highest BCUT2D eigenvalue weighted by Gasteiger charge is 2.30. The Labute approximate surface area is 113 Å². The molecule has 20 heavy (non-hydrogen) atoms. The predicted octanol–water partition coefficient (Wildman–Crippen LogP) is 1.12. The van der Waals surface area contributed by atoms with E-state index in [2.05, 4.69) is 10.6 Å². The Morgan fingerprint density at radius 1 is 1.30 bits per heavy atom. The van der Waals surface area contributed by atoms with E-state index in [1.165, 1.54) is 6.07 Å². The van der Waals surface area contributed by atoms with Crippen molar-refractivity contribution in [1.82, 2.24) is 5.32 Å². The Hall–Kier alpha value is -1.81. The maximum Gasteiger partial charge on any atom is 0.416 e. The van der Waals surface area contributed by atoms with Crippen molar-refractivity contribution in [1.29, 1.82) is 0 Å². The highest BCUT2D eigenvalue weighted by Crippen LogP contribution is 2.30. The number of benzene rings is 1. The minimum atomic E-state index is -4.51. The molecule has 0 aliphatic heterocycles. The zero-order valence-electron chi connectivity index (χ0n) is 10.1. The SMILES string of the molecule is NS(=O)(=O)CCNC(=O)Nc1cccc(C(F)(F)F)c1. The minimum Gasteiger partial charge on any atom is -0.337 e. The zero-order chi connectivity index (χ0) is 15.4. The number of hydrogen-bond acceptors (Lipinski definition) is 3. The second kappa shape index (κ2) is 6.09. The molecule has 0 aromatic heterocycles. The molecule has 0 saturated heterocycles. The number of sulfonamides is 1. The average molecular weight is 311 g/mol. The summed E-state index contributed by atoms with van der Waals surface area (Å²) in [7, 11) is -3.71. The number of rotatable bonds is 4. The number of halogens is 3. The van der Waals surface area contributed by atoms with Crippen molar-refractivity contribution in [3.05, 3.63) is 29.8 Å². The van der Waals surface area contributed by atoms with Gasteiger partial charge in [-0.3, -0.25) is 0 Å². The van der Waals surface area contributed by atoms with Crippen LogP contribution in [0, 0.1) is 0 Å². The molecule has 2 amide bonds. The van der Waals surface area contributed by atoms with Gasteiger partial charge in [0.2, 0.25) is 10.0 Å². The summed E-state index contributed by atoms with van der Waals surface area (Å²) in [6.45, 7) is -0.246. The molecule has 0 saturated carbocycles. The van der Waals surface area contributed by atoms with Gasteiger partial charge in [0.25, 0.3) is 0 Å². The number of nitrogens with two attached hydrogens (primary N) is 1. The molecule has 1 rings (SSSR count). The Balaban J connectivity index is 2.58. The molecule has 0 fully saturated rings. The third-order valence-corrected chi connectivity index (χ3v) is 2.89. The van der Waals surface area contributed by atoms with E-state index in [1.54, 1.807) is 0 Å². The van der Waals surface area contributed by atoms with Gasteiger partial charge in [-0.2, -0.15) is 13.2 Å². The number of primary sulfonamides is 1. The first-order valence-corrected chi connectivity index (χ1v) is 7.02. The summed E-state index contributed by atoms with van der Waals surface area (Å²) in [5, 5.41) is 9.03. The summed E-state index contributed by atoms with van der Waals surface area (Å²) in [5.41, 5.74) is -0.965. The summed E-state index contributed by atoms with van der Waals surface area (Å²) in [5.74, 6) is -0.469. The van der Waals surface area contributed by atoms with Gasteiger partial charge in [0.05, 0.1) is 11.3 Å². The van der Waals surface area contributed by atoms with Crippen LogP contribution in [0.1, 0.15) is 5.56 Å². The number of anilines is 1. The van der Waals surface area contributed by atoms with E-state index in [0.717, 1.165) is 18.2 Å². The van der Waals surface area contributed by atoms with Crippen LogP contribution in [0.5, 0.6) is 0 Å². The van der Waals surface area contributed by atoms with Crippen molar-refractivity contribution < 1.29 is 26.4 Å². The van der Waals surface area contributed by atoms with E-state index in [1.807, 2.05) is 0 Å². The fraction of sp³-hybridized carbons (Fsp3) is 0.300. The van der Waals surface area contributed by atoms with Gasteiger partial charge in [0, 0.05) is 12.2 Å². The molecule has 0 aliphatic carbocycles. The van der Waals surface area contributed by atoms with Gasteiger partial charge in [0.15, 0.2) is 0 Å². The third kappa shape index (κ3) is 5.89. The average Bonchev–Trinajstić information content (AvgIpc) is 2.26. The van der Waals surface area contributed by atoms with E-state index in [-0.39, 0.29) is 12.2 Å². The van der Waals surface area contributed by atoms with E-state index >= 15 is 0 Å². The normalized spacial score (nSPS) is 12.0. The lowest BCUT2D eigenvalue weighted by molar-refractivity contribution is -0.137. The van der Waals surface area contributed by atoms with Crippen molar-refractivity contribution >= 4 is 21.7 Å². The topological polar surface area (TPSA) is 101 Å².